The van der Waals surface area contributed by atoms with Crippen LogP contribution in [0.4, 0.5) is 0 Å². The van der Waals surface area contributed by atoms with E-state index in [2.05, 4.69) is 20.7 Å². The van der Waals surface area contributed by atoms with Gasteiger partial charge < -0.3 is 5.73 Å². The number of carbonyl (C=O) groups is 1. The molecule has 86 valence electrons. The van der Waals surface area contributed by atoms with Gasteiger partial charge in [0.25, 0.3) is 5.56 Å². The fourth-order valence-corrected chi connectivity index (χ4v) is 0.958. The summed E-state index contributed by atoms with van der Waals surface area (Å²) in [6.07, 6.45) is 0. The number of primary amides is 1. The summed E-state index contributed by atoms with van der Waals surface area (Å²) < 4.78 is 0. The summed E-state index contributed by atoms with van der Waals surface area (Å²) in [4.78, 5) is 50.2. The summed E-state index contributed by atoms with van der Waals surface area (Å²) in [6.45, 7) is 1.31. The Morgan fingerprint density at radius 1 is 1.00 bits per heavy atom. The summed E-state index contributed by atoms with van der Waals surface area (Å²) in [5.41, 5.74) is 2.82. The van der Waals surface area contributed by atoms with Crippen molar-refractivity contribution >= 4 is 17.1 Å². The van der Waals surface area contributed by atoms with Gasteiger partial charge in [-0.15, -0.1) is 0 Å². The summed E-state index contributed by atoms with van der Waals surface area (Å²) in [6, 6.07) is 0. The minimum atomic E-state index is -0.650. The average Bonchev–Trinajstić information content (AvgIpc) is 2.44. The van der Waals surface area contributed by atoms with Gasteiger partial charge in [-0.25, -0.2) is 9.59 Å². The molecule has 0 aliphatic heterocycles. The SMILES string of the molecule is CC(N)=O.O=c1[nH]c(=O)c2[nH]c(=O)[nH]c2[nH]1. The molecule has 0 fully saturated rings. The van der Waals surface area contributed by atoms with Crippen LogP contribution in [-0.2, 0) is 4.79 Å². The lowest BCUT2D eigenvalue weighted by molar-refractivity contribution is -0.115. The fraction of sp³-hybridized carbons (Fsp3) is 0.143. The lowest BCUT2D eigenvalue weighted by atomic mass is 10.5. The summed E-state index contributed by atoms with van der Waals surface area (Å²) in [5, 5.41) is 0. The van der Waals surface area contributed by atoms with Gasteiger partial charge in [0, 0.05) is 6.92 Å². The highest BCUT2D eigenvalue weighted by Gasteiger charge is 2.02. The largest absolute Gasteiger partial charge is 0.370 e. The molecule has 0 bridgehead atoms. The predicted molar refractivity (Wildman–Crippen MR) is 55.0 cm³/mol. The molecule has 0 atom stereocenters. The molecule has 2 heterocycles. The number of rotatable bonds is 0. The van der Waals surface area contributed by atoms with Crippen LogP contribution in [-0.4, -0.2) is 25.8 Å². The smallest absolute Gasteiger partial charge is 0.327 e. The molecule has 9 nitrogen and oxygen atoms in total. The Hall–Kier alpha value is -2.58. The van der Waals surface area contributed by atoms with E-state index in [1.54, 1.807) is 0 Å². The average molecular weight is 227 g/mol. The Labute approximate surface area is 86.7 Å². The van der Waals surface area contributed by atoms with Crippen LogP contribution in [0.1, 0.15) is 6.92 Å². The van der Waals surface area contributed by atoms with Crippen LogP contribution in [0.25, 0.3) is 11.2 Å². The van der Waals surface area contributed by atoms with Gasteiger partial charge in [-0.3, -0.25) is 29.5 Å². The summed E-state index contributed by atoms with van der Waals surface area (Å²) >= 11 is 0. The number of imidazole rings is 1. The monoisotopic (exact) mass is 227 g/mol. The normalized spacial score (nSPS) is 9.56. The third-order valence-electron chi connectivity index (χ3n) is 1.42. The Morgan fingerprint density at radius 3 is 1.94 bits per heavy atom. The fourth-order valence-electron chi connectivity index (χ4n) is 0.958. The molecular formula is C7H9N5O4. The maximum atomic E-state index is 10.9. The molecule has 0 unspecified atom stereocenters. The highest BCUT2D eigenvalue weighted by molar-refractivity contribution is 5.70. The second kappa shape index (κ2) is 4.29. The van der Waals surface area contributed by atoms with Crippen molar-refractivity contribution in [3.63, 3.8) is 0 Å². The molecule has 0 spiro atoms. The van der Waals surface area contributed by atoms with Gasteiger partial charge in [0.2, 0.25) is 5.91 Å². The van der Waals surface area contributed by atoms with E-state index >= 15 is 0 Å². The Morgan fingerprint density at radius 2 is 1.44 bits per heavy atom. The number of carbonyl (C=O) groups excluding carboxylic acids is 1. The molecule has 0 saturated carbocycles. The molecular weight excluding hydrogens is 218 g/mol. The number of nitrogens with one attached hydrogen (secondary N) is 4. The number of amides is 1. The second-order valence-corrected chi connectivity index (χ2v) is 2.85. The van der Waals surface area contributed by atoms with Crippen molar-refractivity contribution in [2.75, 3.05) is 0 Å². The minimum absolute atomic E-state index is 0.0413. The molecule has 1 amide bonds. The van der Waals surface area contributed by atoms with E-state index in [1.807, 2.05) is 4.98 Å². The van der Waals surface area contributed by atoms with E-state index in [1.165, 1.54) is 6.92 Å². The molecule has 2 rings (SSSR count). The van der Waals surface area contributed by atoms with E-state index in [4.69, 9.17) is 0 Å². The van der Waals surface area contributed by atoms with Crippen LogP contribution in [0.5, 0.6) is 0 Å². The number of H-pyrrole nitrogens is 4. The number of fused-ring (bicyclic) bond motifs is 1. The Kier molecular flexibility index (Phi) is 3.09. The first-order valence-electron chi connectivity index (χ1n) is 4.11. The lowest BCUT2D eigenvalue weighted by Crippen LogP contribution is -2.21. The van der Waals surface area contributed by atoms with Gasteiger partial charge in [-0.1, -0.05) is 0 Å². The van der Waals surface area contributed by atoms with Crippen molar-refractivity contribution in [1.82, 2.24) is 19.9 Å². The predicted octanol–water partition coefficient (Wildman–Crippen LogP) is -2.28. The molecule has 0 radical (unpaired) electrons. The number of hydrogen-bond donors (Lipinski definition) is 5. The third-order valence-corrected chi connectivity index (χ3v) is 1.42. The Balaban J connectivity index is 0.000000280. The lowest BCUT2D eigenvalue weighted by Gasteiger charge is -1.83. The van der Waals surface area contributed by atoms with Crippen LogP contribution in [0.2, 0.25) is 0 Å². The standard InChI is InChI=1S/C5H4N4O3.C2H5NO/c10-3-1-2(7-4(11)6-1)8-5(12)9-3;1-2(3)4/h(H4,6,7,8,9,10,11,12);1H3,(H2,3,4). The quantitative estimate of drug-likeness (QED) is 0.343. The van der Waals surface area contributed by atoms with E-state index < -0.39 is 16.9 Å². The van der Waals surface area contributed by atoms with Crippen molar-refractivity contribution < 1.29 is 4.79 Å². The number of nitrogens with two attached hydrogens (primary N) is 1. The number of hydrogen-bond acceptors (Lipinski definition) is 4. The van der Waals surface area contributed by atoms with Gasteiger partial charge in [0.05, 0.1) is 0 Å². The summed E-state index contributed by atoms with van der Waals surface area (Å²) in [7, 11) is 0. The molecule has 9 heteroatoms. The summed E-state index contributed by atoms with van der Waals surface area (Å²) in [5.74, 6) is -0.333. The first kappa shape index (κ1) is 11.5. The van der Waals surface area contributed by atoms with Crippen LogP contribution >= 0.6 is 0 Å². The minimum Gasteiger partial charge on any atom is -0.370 e. The highest BCUT2D eigenvalue weighted by atomic mass is 16.2. The maximum absolute atomic E-state index is 10.9. The molecule has 16 heavy (non-hydrogen) atoms. The molecule has 2 aromatic heterocycles. The molecule has 6 N–H and O–H groups in total. The van der Waals surface area contributed by atoms with E-state index in [0.717, 1.165) is 0 Å². The van der Waals surface area contributed by atoms with E-state index in [-0.39, 0.29) is 17.1 Å². The molecule has 0 saturated heterocycles. The van der Waals surface area contributed by atoms with Crippen molar-refractivity contribution in [2.45, 2.75) is 6.92 Å². The van der Waals surface area contributed by atoms with Crippen molar-refractivity contribution in [3.8, 4) is 0 Å². The zero-order valence-electron chi connectivity index (χ0n) is 8.21. The van der Waals surface area contributed by atoms with Gasteiger partial charge in [-0.2, -0.15) is 0 Å². The molecule has 0 aromatic carbocycles. The van der Waals surface area contributed by atoms with Gasteiger partial charge in [0.1, 0.15) is 11.2 Å². The molecule has 0 aliphatic rings. The first-order chi connectivity index (χ1) is 7.40. The maximum Gasteiger partial charge on any atom is 0.327 e. The topological polar surface area (TPSA) is 157 Å². The van der Waals surface area contributed by atoms with E-state index in [0.29, 0.717) is 0 Å². The highest BCUT2D eigenvalue weighted by Crippen LogP contribution is 1.88. The van der Waals surface area contributed by atoms with Crippen molar-refractivity contribution in [2.24, 2.45) is 5.73 Å². The third kappa shape index (κ3) is 2.70. The van der Waals surface area contributed by atoms with E-state index in [9.17, 15) is 19.2 Å². The van der Waals surface area contributed by atoms with Gasteiger partial charge in [-0.05, 0) is 0 Å². The molecule has 0 aliphatic carbocycles. The number of aromatic amines is 4. The number of aromatic nitrogens is 4. The van der Waals surface area contributed by atoms with Crippen LogP contribution in [0.15, 0.2) is 14.4 Å². The first-order valence-corrected chi connectivity index (χ1v) is 4.11. The van der Waals surface area contributed by atoms with Crippen LogP contribution < -0.4 is 22.7 Å². The van der Waals surface area contributed by atoms with Gasteiger partial charge >= 0.3 is 11.4 Å². The Bertz CT molecular complexity index is 668. The zero-order valence-corrected chi connectivity index (χ0v) is 8.21. The van der Waals surface area contributed by atoms with Crippen molar-refractivity contribution in [3.05, 3.63) is 31.3 Å². The van der Waals surface area contributed by atoms with Crippen LogP contribution in [0.3, 0.4) is 0 Å². The second-order valence-electron chi connectivity index (χ2n) is 2.85. The zero-order chi connectivity index (χ0) is 12.3. The molecule has 2 aromatic rings. The van der Waals surface area contributed by atoms with Crippen LogP contribution in [0, 0.1) is 0 Å². The van der Waals surface area contributed by atoms with Gasteiger partial charge in [0.15, 0.2) is 0 Å². The van der Waals surface area contributed by atoms with Crippen molar-refractivity contribution in [1.29, 1.82) is 0 Å².